The Morgan fingerprint density at radius 2 is 2.21 bits per heavy atom. The Labute approximate surface area is 118 Å². The van der Waals surface area contributed by atoms with Gasteiger partial charge in [-0.1, -0.05) is 24.9 Å². The number of carbonyl (C=O) groups is 1. The summed E-state index contributed by atoms with van der Waals surface area (Å²) < 4.78 is 0. The summed E-state index contributed by atoms with van der Waals surface area (Å²) in [5.41, 5.74) is 6.54. The fraction of sp³-hybridized carbons (Fsp3) is 0.500. The van der Waals surface area contributed by atoms with Crippen LogP contribution in [0, 0.1) is 5.92 Å². The molecule has 0 aromatic heterocycles. The van der Waals surface area contributed by atoms with E-state index in [0.29, 0.717) is 35.2 Å². The number of aliphatic hydroxyl groups is 1. The number of anilines is 1. The molecule has 0 fully saturated rings. The molecule has 1 atom stereocenters. The van der Waals surface area contributed by atoms with E-state index >= 15 is 0 Å². The molecule has 19 heavy (non-hydrogen) atoms. The monoisotopic (exact) mass is 284 g/mol. The second-order valence-corrected chi connectivity index (χ2v) is 5.02. The van der Waals surface area contributed by atoms with Crippen molar-refractivity contribution >= 4 is 23.2 Å². The van der Waals surface area contributed by atoms with Gasteiger partial charge >= 0.3 is 0 Å². The van der Waals surface area contributed by atoms with Crippen LogP contribution in [0.15, 0.2) is 18.2 Å². The van der Waals surface area contributed by atoms with Crippen molar-refractivity contribution in [1.29, 1.82) is 0 Å². The van der Waals surface area contributed by atoms with Crippen LogP contribution in [0.3, 0.4) is 0 Å². The summed E-state index contributed by atoms with van der Waals surface area (Å²) in [6, 6.07) is 4.84. The summed E-state index contributed by atoms with van der Waals surface area (Å²) in [6.45, 7) is 2.76. The largest absolute Gasteiger partial charge is 0.399 e. The van der Waals surface area contributed by atoms with Crippen LogP contribution in [0.5, 0.6) is 0 Å². The lowest BCUT2D eigenvalue weighted by Crippen LogP contribution is -2.30. The Kier molecular flexibility index (Phi) is 6.67. The lowest BCUT2D eigenvalue weighted by Gasteiger charge is -2.16. The van der Waals surface area contributed by atoms with Crippen LogP contribution in [0.4, 0.5) is 5.69 Å². The molecule has 4 nitrogen and oxygen atoms in total. The zero-order valence-corrected chi connectivity index (χ0v) is 11.9. The minimum absolute atomic E-state index is 0.138. The molecule has 0 aliphatic rings. The minimum Gasteiger partial charge on any atom is -0.399 e. The van der Waals surface area contributed by atoms with Crippen LogP contribution in [-0.2, 0) is 0 Å². The highest BCUT2D eigenvalue weighted by Gasteiger charge is 2.13. The minimum atomic E-state index is -0.226. The van der Waals surface area contributed by atoms with Crippen LogP contribution in [0.25, 0.3) is 0 Å². The van der Waals surface area contributed by atoms with Crippen molar-refractivity contribution in [3.63, 3.8) is 0 Å². The lowest BCUT2D eigenvalue weighted by molar-refractivity contribution is 0.0943. The maximum absolute atomic E-state index is 12.0. The van der Waals surface area contributed by atoms with Gasteiger partial charge in [-0.2, -0.15) is 0 Å². The highest BCUT2D eigenvalue weighted by atomic mass is 35.5. The standard InChI is InChI=1S/C14H21ClN2O2/c1-2-3-10(6-7-18)9-17-14(19)12-8-11(16)4-5-13(12)15/h4-5,8,10,18H,2-3,6-7,9,16H2,1H3,(H,17,19). The Morgan fingerprint density at radius 1 is 1.47 bits per heavy atom. The number of nitrogen functional groups attached to an aromatic ring is 1. The molecule has 1 amide bonds. The van der Waals surface area contributed by atoms with Crippen LogP contribution >= 0.6 is 11.6 Å². The predicted molar refractivity (Wildman–Crippen MR) is 78.3 cm³/mol. The highest BCUT2D eigenvalue weighted by Crippen LogP contribution is 2.19. The molecule has 1 unspecified atom stereocenters. The third-order valence-corrected chi connectivity index (χ3v) is 3.35. The summed E-state index contributed by atoms with van der Waals surface area (Å²) in [7, 11) is 0. The third-order valence-electron chi connectivity index (χ3n) is 3.02. The molecular formula is C14H21ClN2O2. The summed E-state index contributed by atoms with van der Waals surface area (Å²) >= 11 is 5.97. The first-order valence-corrected chi connectivity index (χ1v) is 6.90. The van der Waals surface area contributed by atoms with Crippen LogP contribution in [0.2, 0.25) is 5.02 Å². The quantitative estimate of drug-likeness (QED) is 0.673. The second-order valence-electron chi connectivity index (χ2n) is 4.62. The number of nitrogens with one attached hydrogen (secondary N) is 1. The average molecular weight is 285 g/mol. The van der Waals surface area contributed by atoms with E-state index in [1.54, 1.807) is 18.2 Å². The van der Waals surface area contributed by atoms with Gasteiger partial charge in [0, 0.05) is 18.8 Å². The molecule has 0 saturated heterocycles. The fourth-order valence-electron chi connectivity index (χ4n) is 1.99. The van der Waals surface area contributed by atoms with Gasteiger partial charge in [0.05, 0.1) is 10.6 Å². The maximum Gasteiger partial charge on any atom is 0.252 e. The Hall–Kier alpha value is -1.26. The summed E-state index contributed by atoms with van der Waals surface area (Å²) in [4.78, 5) is 12.0. The predicted octanol–water partition coefficient (Wildman–Crippen LogP) is 2.45. The SMILES string of the molecule is CCCC(CCO)CNC(=O)c1cc(N)ccc1Cl. The zero-order valence-electron chi connectivity index (χ0n) is 11.2. The first-order valence-electron chi connectivity index (χ1n) is 6.52. The van der Waals surface area contributed by atoms with Gasteiger partial charge in [-0.25, -0.2) is 0 Å². The zero-order chi connectivity index (χ0) is 14.3. The number of hydrogen-bond acceptors (Lipinski definition) is 3. The number of nitrogens with two attached hydrogens (primary N) is 1. The number of benzene rings is 1. The van der Waals surface area contributed by atoms with Gasteiger partial charge in [0.15, 0.2) is 0 Å². The van der Waals surface area contributed by atoms with Gasteiger partial charge in [0.2, 0.25) is 0 Å². The van der Waals surface area contributed by atoms with E-state index in [0.717, 1.165) is 12.8 Å². The van der Waals surface area contributed by atoms with Crippen molar-refractivity contribution in [3.05, 3.63) is 28.8 Å². The first-order chi connectivity index (χ1) is 9.08. The van der Waals surface area contributed by atoms with Crippen molar-refractivity contribution in [2.45, 2.75) is 26.2 Å². The molecule has 1 rings (SSSR count). The van der Waals surface area contributed by atoms with E-state index < -0.39 is 0 Å². The fourth-order valence-corrected chi connectivity index (χ4v) is 2.19. The molecule has 0 radical (unpaired) electrons. The van der Waals surface area contributed by atoms with Gasteiger partial charge in [-0.15, -0.1) is 0 Å². The number of carbonyl (C=O) groups excluding carboxylic acids is 1. The molecule has 1 aromatic rings. The molecule has 0 spiro atoms. The van der Waals surface area contributed by atoms with Crippen LogP contribution < -0.4 is 11.1 Å². The molecular weight excluding hydrogens is 264 g/mol. The van der Waals surface area contributed by atoms with E-state index in [4.69, 9.17) is 22.4 Å². The van der Waals surface area contributed by atoms with Crippen molar-refractivity contribution in [2.75, 3.05) is 18.9 Å². The van der Waals surface area contributed by atoms with Crippen LogP contribution in [0.1, 0.15) is 36.5 Å². The molecule has 0 aliphatic carbocycles. The lowest BCUT2D eigenvalue weighted by atomic mass is 10.00. The molecule has 4 N–H and O–H groups in total. The number of aliphatic hydroxyl groups excluding tert-OH is 1. The highest BCUT2D eigenvalue weighted by molar-refractivity contribution is 6.34. The average Bonchev–Trinajstić information content (AvgIpc) is 2.39. The number of rotatable bonds is 7. The van der Waals surface area contributed by atoms with Crippen molar-refractivity contribution in [1.82, 2.24) is 5.32 Å². The maximum atomic E-state index is 12.0. The Bertz CT molecular complexity index is 418. The molecule has 0 heterocycles. The van der Waals surface area contributed by atoms with E-state index in [9.17, 15) is 4.79 Å². The topological polar surface area (TPSA) is 75.3 Å². The molecule has 0 bridgehead atoms. The number of halogens is 1. The van der Waals surface area contributed by atoms with Gasteiger partial charge in [-0.05, 0) is 37.0 Å². The molecule has 1 aromatic carbocycles. The molecule has 0 aliphatic heterocycles. The van der Waals surface area contributed by atoms with E-state index in [2.05, 4.69) is 12.2 Å². The third kappa shape index (κ3) is 5.09. The number of amides is 1. The van der Waals surface area contributed by atoms with E-state index in [-0.39, 0.29) is 12.5 Å². The normalized spacial score (nSPS) is 12.2. The van der Waals surface area contributed by atoms with Crippen molar-refractivity contribution in [2.24, 2.45) is 5.92 Å². The first kappa shape index (κ1) is 15.8. The van der Waals surface area contributed by atoms with Crippen LogP contribution in [-0.4, -0.2) is 24.2 Å². The number of hydrogen-bond donors (Lipinski definition) is 3. The second kappa shape index (κ2) is 8.02. The smallest absolute Gasteiger partial charge is 0.252 e. The van der Waals surface area contributed by atoms with Gasteiger partial charge in [0.25, 0.3) is 5.91 Å². The summed E-state index contributed by atoms with van der Waals surface area (Å²) in [5, 5.41) is 12.2. The Balaban J connectivity index is 2.61. The van der Waals surface area contributed by atoms with E-state index in [1.807, 2.05) is 0 Å². The summed E-state index contributed by atoms with van der Waals surface area (Å²) in [6.07, 6.45) is 2.70. The van der Waals surface area contributed by atoms with Gasteiger partial charge in [0.1, 0.15) is 0 Å². The Morgan fingerprint density at radius 3 is 2.84 bits per heavy atom. The van der Waals surface area contributed by atoms with E-state index in [1.165, 1.54) is 0 Å². The molecule has 106 valence electrons. The molecule has 0 saturated carbocycles. The summed E-state index contributed by atoms with van der Waals surface area (Å²) in [5.74, 6) is 0.0649. The van der Waals surface area contributed by atoms with Gasteiger partial charge < -0.3 is 16.2 Å². The van der Waals surface area contributed by atoms with Gasteiger partial charge in [-0.3, -0.25) is 4.79 Å². The van der Waals surface area contributed by atoms with Crippen molar-refractivity contribution < 1.29 is 9.90 Å². The molecule has 5 heteroatoms. The van der Waals surface area contributed by atoms with Crippen molar-refractivity contribution in [3.8, 4) is 0 Å².